The van der Waals surface area contributed by atoms with E-state index in [1.807, 2.05) is 0 Å². The van der Waals surface area contributed by atoms with Gasteiger partial charge in [0.05, 0.1) is 5.69 Å². The monoisotopic (exact) mass is 703 g/mol. The van der Waals surface area contributed by atoms with Gasteiger partial charge in [-0.2, -0.15) is 0 Å². The lowest BCUT2D eigenvalue weighted by molar-refractivity contribution is 0.660. The number of benzene rings is 9. The van der Waals surface area contributed by atoms with Crippen molar-refractivity contribution in [3.63, 3.8) is 0 Å². The van der Waals surface area contributed by atoms with Crippen molar-refractivity contribution in [2.24, 2.45) is 0 Å². The molecule has 0 fully saturated rings. The molecule has 10 aromatic rings. The molecule has 2 nitrogen and oxygen atoms in total. The van der Waals surface area contributed by atoms with Crippen LogP contribution in [0.2, 0.25) is 0 Å². The molecule has 0 unspecified atom stereocenters. The number of rotatable bonds is 5. The van der Waals surface area contributed by atoms with E-state index >= 15 is 0 Å². The third-order valence-electron chi connectivity index (χ3n) is 11.8. The van der Waals surface area contributed by atoms with Gasteiger partial charge in [0.25, 0.3) is 0 Å². The van der Waals surface area contributed by atoms with E-state index in [4.69, 9.17) is 4.42 Å². The third kappa shape index (κ3) is 4.88. The van der Waals surface area contributed by atoms with Crippen LogP contribution < -0.4 is 4.90 Å². The van der Waals surface area contributed by atoms with E-state index < -0.39 is 0 Å². The molecule has 1 aliphatic carbocycles. The molecule has 0 bridgehead atoms. The van der Waals surface area contributed by atoms with Crippen LogP contribution in [-0.2, 0) is 5.41 Å². The maximum atomic E-state index is 7.27. The number of hydrogen-bond donors (Lipinski definition) is 0. The summed E-state index contributed by atoms with van der Waals surface area (Å²) in [5.74, 6) is 0. The SMILES string of the molecule is CC1(C)c2ccccc2-c2ccc(-c3c4ccccc4cc4c3oc3c(N(c5ccc(-c6ccccc6)cc5)c5ccc6ccccc6c5)cccc34)cc21. The van der Waals surface area contributed by atoms with Crippen LogP contribution in [0.3, 0.4) is 0 Å². The van der Waals surface area contributed by atoms with Gasteiger partial charge in [-0.15, -0.1) is 0 Å². The summed E-state index contributed by atoms with van der Waals surface area (Å²) in [5, 5.41) is 7.00. The standard InChI is InChI=1S/C53H37NO/c1-53(2)47-21-11-10-19-43(47)44-30-26-39(33-48(44)53)50-42-18-9-8-17-38(42)32-46-45-20-12-22-49(51(45)55-52(46)50)54(41-29-25-35-15-6-7-16-37(35)31-41)40-27-23-36(24-28-40)34-13-4-3-5-14-34/h3-33H,1-2H3. The van der Waals surface area contributed by atoms with Gasteiger partial charge in [0.1, 0.15) is 5.58 Å². The number of fused-ring (bicyclic) bond motifs is 8. The topological polar surface area (TPSA) is 16.4 Å². The maximum Gasteiger partial charge on any atom is 0.159 e. The van der Waals surface area contributed by atoms with E-state index in [9.17, 15) is 0 Å². The fraction of sp³-hybridized carbons (Fsp3) is 0.0566. The lowest BCUT2D eigenvalue weighted by Crippen LogP contribution is -2.14. The van der Waals surface area contributed by atoms with Crippen molar-refractivity contribution in [3.05, 3.63) is 199 Å². The highest BCUT2D eigenvalue weighted by Crippen LogP contribution is 2.51. The zero-order valence-corrected chi connectivity index (χ0v) is 30.8. The molecule has 11 rings (SSSR count). The molecular formula is C53H37NO. The zero-order chi connectivity index (χ0) is 36.7. The Hall–Kier alpha value is -6.90. The highest BCUT2D eigenvalue weighted by atomic mass is 16.3. The summed E-state index contributed by atoms with van der Waals surface area (Å²) in [6, 6.07) is 68.2. The van der Waals surface area contributed by atoms with Gasteiger partial charge in [0.2, 0.25) is 0 Å². The first-order valence-corrected chi connectivity index (χ1v) is 19.1. The minimum absolute atomic E-state index is 0.108. The van der Waals surface area contributed by atoms with Gasteiger partial charge < -0.3 is 9.32 Å². The normalized spacial score (nSPS) is 13.1. The average Bonchev–Trinajstić information content (AvgIpc) is 3.72. The summed E-state index contributed by atoms with van der Waals surface area (Å²) in [7, 11) is 0. The lowest BCUT2D eigenvalue weighted by atomic mass is 9.81. The van der Waals surface area contributed by atoms with Crippen LogP contribution in [0, 0.1) is 0 Å². The van der Waals surface area contributed by atoms with Crippen LogP contribution in [0.25, 0.3) is 76.9 Å². The van der Waals surface area contributed by atoms with Crippen LogP contribution in [0.1, 0.15) is 25.0 Å². The number of para-hydroxylation sites is 1. The Morgan fingerprint density at radius 3 is 1.91 bits per heavy atom. The average molecular weight is 704 g/mol. The first kappa shape index (κ1) is 31.6. The minimum atomic E-state index is -0.108. The maximum absolute atomic E-state index is 7.27. The Morgan fingerprint density at radius 2 is 1.05 bits per heavy atom. The van der Waals surface area contributed by atoms with Gasteiger partial charge in [0.15, 0.2) is 5.58 Å². The van der Waals surface area contributed by atoms with Crippen LogP contribution in [-0.4, -0.2) is 0 Å². The van der Waals surface area contributed by atoms with Crippen LogP contribution >= 0.6 is 0 Å². The van der Waals surface area contributed by atoms with Gasteiger partial charge in [0, 0.05) is 33.1 Å². The number of hydrogen-bond acceptors (Lipinski definition) is 2. The predicted molar refractivity (Wildman–Crippen MR) is 232 cm³/mol. The molecule has 0 saturated carbocycles. The Morgan fingerprint density at radius 1 is 0.400 bits per heavy atom. The van der Waals surface area contributed by atoms with Crippen molar-refractivity contribution in [2.75, 3.05) is 4.90 Å². The van der Waals surface area contributed by atoms with Gasteiger partial charge in [-0.1, -0.05) is 159 Å². The second kappa shape index (κ2) is 12.1. The molecule has 260 valence electrons. The molecule has 0 spiro atoms. The van der Waals surface area contributed by atoms with Crippen molar-refractivity contribution in [1.82, 2.24) is 0 Å². The molecule has 1 aliphatic rings. The summed E-state index contributed by atoms with van der Waals surface area (Å²) < 4.78 is 7.27. The van der Waals surface area contributed by atoms with Crippen molar-refractivity contribution in [1.29, 1.82) is 0 Å². The fourth-order valence-corrected chi connectivity index (χ4v) is 9.08. The molecule has 2 heteroatoms. The second-order valence-corrected chi connectivity index (χ2v) is 15.3. The van der Waals surface area contributed by atoms with E-state index in [1.54, 1.807) is 0 Å². The summed E-state index contributed by atoms with van der Waals surface area (Å²) in [4.78, 5) is 2.35. The smallest absolute Gasteiger partial charge is 0.159 e. The summed E-state index contributed by atoms with van der Waals surface area (Å²) in [5.41, 5.74) is 14.9. The lowest BCUT2D eigenvalue weighted by Gasteiger charge is -2.26. The minimum Gasteiger partial charge on any atom is -0.453 e. The van der Waals surface area contributed by atoms with Crippen molar-refractivity contribution in [3.8, 4) is 33.4 Å². The third-order valence-corrected chi connectivity index (χ3v) is 11.8. The van der Waals surface area contributed by atoms with Gasteiger partial charge in [-0.3, -0.25) is 0 Å². The molecule has 0 amide bonds. The summed E-state index contributed by atoms with van der Waals surface area (Å²) in [6.07, 6.45) is 0. The Bertz CT molecular complexity index is 3110. The van der Waals surface area contributed by atoms with Crippen molar-refractivity contribution >= 4 is 60.5 Å². The van der Waals surface area contributed by atoms with E-state index in [1.165, 1.54) is 60.5 Å². The molecule has 9 aromatic carbocycles. The molecule has 0 atom stereocenters. The van der Waals surface area contributed by atoms with Gasteiger partial charge in [-0.05, 0) is 103 Å². The molecule has 0 saturated heterocycles. The van der Waals surface area contributed by atoms with Crippen LogP contribution in [0.15, 0.2) is 192 Å². The van der Waals surface area contributed by atoms with E-state index in [0.29, 0.717) is 0 Å². The van der Waals surface area contributed by atoms with E-state index in [0.717, 1.165) is 44.6 Å². The van der Waals surface area contributed by atoms with Crippen molar-refractivity contribution < 1.29 is 4.42 Å². The molecule has 0 aliphatic heterocycles. The Balaban J connectivity index is 1.15. The Kier molecular flexibility index (Phi) is 6.93. The number of furan rings is 1. The number of nitrogens with zero attached hydrogens (tertiary/aromatic N) is 1. The van der Waals surface area contributed by atoms with Crippen LogP contribution in [0.5, 0.6) is 0 Å². The first-order chi connectivity index (χ1) is 27.0. The highest BCUT2D eigenvalue weighted by Gasteiger charge is 2.35. The molecule has 55 heavy (non-hydrogen) atoms. The van der Waals surface area contributed by atoms with E-state index in [-0.39, 0.29) is 5.41 Å². The molecule has 1 aromatic heterocycles. The highest BCUT2D eigenvalue weighted by molar-refractivity contribution is 6.20. The molecular weight excluding hydrogens is 667 g/mol. The second-order valence-electron chi connectivity index (χ2n) is 15.3. The quantitative estimate of drug-likeness (QED) is 0.177. The van der Waals surface area contributed by atoms with Crippen LogP contribution in [0.4, 0.5) is 17.1 Å². The molecule has 0 radical (unpaired) electrons. The van der Waals surface area contributed by atoms with Gasteiger partial charge in [-0.25, -0.2) is 0 Å². The Labute approximate surface area is 320 Å². The first-order valence-electron chi connectivity index (χ1n) is 19.1. The van der Waals surface area contributed by atoms with E-state index in [2.05, 4.69) is 207 Å². The molecule has 0 N–H and O–H groups in total. The predicted octanol–water partition coefficient (Wildman–Crippen LogP) is 15.0. The molecule has 1 heterocycles. The van der Waals surface area contributed by atoms with Crippen molar-refractivity contribution in [2.45, 2.75) is 19.3 Å². The fourth-order valence-electron chi connectivity index (χ4n) is 9.08. The zero-order valence-electron chi connectivity index (χ0n) is 30.8. The van der Waals surface area contributed by atoms with Gasteiger partial charge >= 0.3 is 0 Å². The summed E-state index contributed by atoms with van der Waals surface area (Å²) in [6.45, 7) is 4.70. The summed E-state index contributed by atoms with van der Waals surface area (Å²) >= 11 is 0. The largest absolute Gasteiger partial charge is 0.453 e. The number of anilines is 3.